The molecule has 0 N–H and O–H groups in total. The van der Waals surface area contributed by atoms with Crippen LogP contribution in [0.15, 0.2) is 0 Å². The first-order valence-electron chi connectivity index (χ1n) is 13.0. The van der Waals surface area contributed by atoms with Crippen molar-refractivity contribution in [2.45, 2.75) is 155 Å². The summed E-state index contributed by atoms with van der Waals surface area (Å²) in [5, 5.41) is 0. The molecule has 2 nitrogen and oxygen atoms in total. The molecule has 0 aliphatic heterocycles. The average Bonchev–Trinajstić information content (AvgIpc) is 2.71. The van der Waals surface area contributed by atoms with Crippen LogP contribution >= 0.6 is 0 Å². The number of hydrogen-bond acceptors (Lipinski definition) is 2. The van der Waals surface area contributed by atoms with E-state index in [9.17, 15) is 0 Å². The molecule has 0 bridgehead atoms. The maximum absolute atomic E-state index is 6.28. The third-order valence-electron chi connectivity index (χ3n) is 5.78. The molecule has 0 aromatic carbocycles. The minimum Gasteiger partial charge on any atom is -0.376 e. The lowest BCUT2D eigenvalue weighted by atomic mass is 10.0. The fraction of sp³-hybridized carbons (Fsp3) is 1.00. The van der Waals surface area contributed by atoms with E-state index in [1.807, 2.05) is 0 Å². The van der Waals surface area contributed by atoms with E-state index in [1.165, 1.54) is 103 Å². The van der Waals surface area contributed by atoms with Crippen LogP contribution in [0.3, 0.4) is 0 Å². The van der Waals surface area contributed by atoms with E-state index >= 15 is 0 Å². The second kappa shape index (κ2) is 23.2. The van der Waals surface area contributed by atoms with Crippen LogP contribution in [0.5, 0.6) is 0 Å². The van der Waals surface area contributed by atoms with Gasteiger partial charge in [0.25, 0.3) is 0 Å². The first-order valence-corrected chi connectivity index (χ1v) is 13.0. The van der Waals surface area contributed by atoms with E-state index in [0.29, 0.717) is 0 Å². The van der Waals surface area contributed by atoms with Crippen molar-refractivity contribution in [2.75, 3.05) is 13.2 Å². The summed E-state index contributed by atoms with van der Waals surface area (Å²) in [4.78, 5) is 0. The lowest BCUT2D eigenvalue weighted by Crippen LogP contribution is -2.30. The van der Waals surface area contributed by atoms with Crippen LogP contribution < -0.4 is 0 Å². The van der Waals surface area contributed by atoms with Gasteiger partial charge in [0.05, 0.1) is 12.2 Å². The van der Waals surface area contributed by atoms with Crippen LogP contribution in [-0.4, -0.2) is 25.4 Å². The number of ether oxygens (including phenoxy) is 2. The molecule has 2 unspecified atom stereocenters. The molecule has 0 amide bonds. The van der Waals surface area contributed by atoms with Gasteiger partial charge in [0.15, 0.2) is 0 Å². The molecule has 0 radical (unpaired) electrons. The molecule has 2 atom stereocenters. The van der Waals surface area contributed by atoms with Crippen molar-refractivity contribution < 1.29 is 9.47 Å². The third kappa shape index (κ3) is 19.2. The maximum atomic E-state index is 6.28. The van der Waals surface area contributed by atoms with Gasteiger partial charge in [-0.2, -0.15) is 0 Å². The number of hydrogen-bond donors (Lipinski definition) is 0. The van der Waals surface area contributed by atoms with E-state index < -0.39 is 0 Å². The minimum atomic E-state index is 0.235. The smallest absolute Gasteiger partial charge is 0.0833 e. The molecule has 0 aliphatic carbocycles. The van der Waals surface area contributed by atoms with Crippen molar-refractivity contribution in [1.82, 2.24) is 0 Å². The highest BCUT2D eigenvalue weighted by Gasteiger charge is 2.18. The quantitative estimate of drug-likeness (QED) is 0.160. The zero-order chi connectivity index (χ0) is 20.7. The van der Waals surface area contributed by atoms with Crippen molar-refractivity contribution in [2.24, 2.45) is 0 Å². The van der Waals surface area contributed by atoms with Gasteiger partial charge in [0, 0.05) is 13.2 Å². The Labute approximate surface area is 178 Å². The van der Waals surface area contributed by atoms with Gasteiger partial charge in [-0.15, -0.1) is 0 Å². The Balaban J connectivity index is 3.76. The second-order valence-corrected chi connectivity index (χ2v) is 8.72. The number of rotatable bonds is 23. The first-order chi connectivity index (χ1) is 13.8. The Morgan fingerprint density at radius 1 is 0.464 bits per heavy atom. The van der Waals surface area contributed by atoms with Gasteiger partial charge in [-0.3, -0.25) is 0 Å². The Bertz CT molecular complexity index is 280. The van der Waals surface area contributed by atoms with Crippen molar-refractivity contribution in [1.29, 1.82) is 0 Å². The molecule has 0 saturated heterocycles. The van der Waals surface area contributed by atoms with E-state index in [1.54, 1.807) is 0 Å². The molecular formula is C26H54O2. The van der Waals surface area contributed by atoms with Crippen LogP contribution in [-0.2, 0) is 9.47 Å². The van der Waals surface area contributed by atoms with Gasteiger partial charge in [-0.1, -0.05) is 117 Å². The maximum Gasteiger partial charge on any atom is 0.0833 e. The van der Waals surface area contributed by atoms with Crippen LogP contribution in [0.2, 0.25) is 0 Å². The van der Waals surface area contributed by atoms with E-state index in [4.69, 9.17) is 9.47 Å². The predicted octanol–water partition coefficient (Wildman–Crippen LogP) is 8.86. The topological polar surface area (TPSA) is 18.5 Å². The van der Waals surface area contributed by atoms with E-state index in [-0.39, 0.29) is 12.2 Å². The summed E-state index contributed by atoms with van der Waals surface area (Å²) in [7, 11) is 0. The van der Waals surface area contributed by atoms with Crippen LogP contribution in [0.1, 0.15) is 143 Å². The summed E-state index contributed by atoms with van der Waals surface area (Å²) in [6, 6.07) is 0. The first kappa shape index (κ1) is 27.9. The molecule has 0 aromatic heterocycles. The molecule has 0 rings (SSSR count). The highest BCUT2D eigenvalue weighted by atomic mass is 16.5. The van der Waals surface area contributed by atoms with Gasteiger partial charge in [0.2, 0.25) is 0 Å². The summed E-state index contributed by atoms with van der Waals surface area (Å²) in [6.45, 7) is 10.7. The molecule has 0 aromatic rings. The predicted molar refractivity (Wildman–Crippen MR) is 125 cm³/mol. The summed E-state index contributed by atoms with van der Waals surface area (Å²) >= 11 is 0. The van der Waals surface area contributed by atoms with Gasteiger partial charge in [0.1, 0.15) is 0 Å². The van der Waals surface area contributed by atoms with Gasteiger partial charge >= 0.3 is 0 Å². The molecule has 2 heteroatoms. The van der Waals surface area contributed by atoms with E-state index in [0.717, 1.165) is 26.1 Å². The van der Waals surface area contributed by atoms with Crippen LogP contribution in [0.25, 0.3) is 0 Å². The molecule has 0 spiro atoms. The minimum absolute atomic E-state index is 0.235. The SMILES string of the molecule is CCCCCCCCCCCCOC(CCCCCCCC)C(C)OCCC. The summed E-state index contributed by atoms with van der Waals surface area (Å²) in [5.41, 5.74) is 0. The Kier molecular flexibility index (Phi) is 23.1. The zero-order valence-corrected chi connectivity index (χ0v) is 20.1. The third-order valence-corrected chi connectivity index (χ3v) is 5.78. The highest BCUT2D eigenvalue weighted by molar-refractivity contribution is 4.67. The monoisotopic (exact) mass is 398 g/mol. The lowest BCUT2D eigenvalue weighted by molar-refractivity contribution is -0.0697. The molecule has 170 valence electrons. The van der Waals surface area contributed by atoms with Crippen molar-refractivity contribution in [3.8, 4) is 0 Å². The highest BCUT2D eigenvalue weighted by Crippen LogP contribution is 2.16. The van der Waals surface area contributed by atoms with Gasteiger partial charge < -0.3 is 9.47 Å². The van der Waals surface area contributed by atoms with Crippen LogP contribution in [0.4, 0.5) is 0 Å². The fourth-order valence-corrected chi connectivity index (χ4v) is 3.81. The molecule has 0 aliphatic rings. The van der Waals surface area contributed by atoms with Crippen molar-refractivity contribution in [3.63, 3.8) is 0 Å². The average molecular weight is 399 g/mol. The van der Waals surface area contributed by atoms with Gasteiger partial charge in [-0.25, -0.2) is 0 Å². The fourth-order valence-electron chi connectivity index (χ4n) is 3.81. The zero-order valence-electron chi connectivity index (χ0n) is 20.1. The second-order valence-electron chi connectivity index (χ2n) is 8.72. The van der Waals surface area contributed by atoms with E-state index in [2.05, 4.69) is 27.7 Å². The lowest BCUT2D eigenvalue weighted by Gasteiger charge is -2.25. The Morgan fingerprint density at radius 2 is 0.929 bits per heavy atom. The molecule has 0 saturated carbocycles. The van der Waals surface area contributed by atoms with Gasteiger partial charge in [-0.05, 0) is 26.2 Å². The largest absolute Gasteiger partial charge is 0.376 e. The molecule has 0 heterocycles. The molecule has 28 heavy (non-hydrogen) atoms. The Morgan fingerprint density at radius 3 is 1.43 bits per heavy atom. The number of unbranched alkanes of at least 4 members (excludes halogenated alkanes) is 14. The standard InChI is InChI=1S/C26H54O2/c1-5-8-10-12-14-15-16-17-19-21-24-28-26(25(4)27-23-7-3)22-20-18-13-11-9-6-2/h25-26H,5-24H2,1-4H3. The summed E-state index contributed by atoms with van der Waals surface area (Å²) < 4.78 is 12.2. The van der Waals surface area contributed by atoms with Crippen LogP contribution in [0, 0.1) is 0 Å². The summed E-state index contributed by atoms with van der Waals surface area (Å²) in [5.74, 6) is 0. The van der Waals surface area contributed by atoms with Crippen molar-refractivity contribution >= 4 is 0 Å². The van der Waals surface area contributed by atoms with Crippen molar-refractivity contribution in [3.05, 3.63) is 0 Å². The molecular weight excluding hydrogens is 344 g/mol. The molecule has 0 fully saturated rings. The summed E-state index contributed by atoms with van der Waals surface area (Å²) in [6.07, 6.45) is 24.7. The normalized spacial score (nSPS) is 13.7. The Hall–Kier alpha value is -0.0800.